The predicted octanol–water partition coefficient (Wildman–Crippen LogP) is 1.56. The molecule has 5 nitrogen and oxygen atoms in total. The zero-order valence-electron chi connectivity index (χ0n) is 11.7. The summed E-state index contributed by atoms with van der Waals surface area (Å²) in [7, 11) is -3.46. The van der Waals surface area contributed by atoms with Gasteiger partial charge in [0.25, 0.3) is 10.0 Å². The van der Waals surface area contributed by atoms with E-state index in [1.165, 1.54) is 16.4 Å². The number of hydrogen-bond acceptors (Lipinski definition) is 4. The molecule has 21 heavy (non-hydrogen) atoms. The number of ether oxygens (including phenoxy) is 1. The Morgan fingerprint density at radius 1 is 1.00 bits per heavy atom. The van der Waals surface area contributed by atoms with Crippen molar-refractivity contribution < 1.29 is 13.2 Å². The lowest BCUT2D eigenvalue weighted by Gasteiger charge is -2.26. The van der Waals surface area contributed by atoms with E-state index in [4.69, 9.17) is 4.74 Å². The zero-order chi connectivity index (χ0) is 14.7. The highest BCUT2D eigenvalue weighted by Crippen LogP contribution is 2.16. The van der Waals surface area contributed by atoms with Gasteiger partial charge in [0, 0.05) is 32.0 Å². The largest absolute Gasteiger partial charge is 0.379 e. The monoisotopic (exact) mass is 306 g/mol. The average molecular weight is 306 g/mol. The fraction of sp³-hybridized carbons (Fsp3) is 0.333. The van der Waals surface area contributed by atoms with E-state index in [9.17, 15) is 8.42 Å². The van der Waals surface area contributed by atoms with Gasteiger partial charge in [-0.1, -0.05) is 12.1 Å². The smallest absolute Gasteiger partial charge is 0.267 e. The van der Waals surface area contributed by atoms with E-state index >= 15 is 0 Å². The fourth-order valence-electron chi connectivity index (χ4n) is 2.38. The summed E-state index contributed by atoms with van der Waals surface area (Å²) in [4.78, 5) is 2.61. The van der Waals surface area contributed by atoms with Gasteiger partial charge < -0.3 is 4.74 Å². The van der Waals surface area contributed by atoms with Crippen LogP contribution in [0.5, 0.6) is 0 Å². The molecule has 0 unspecified atom stereocenters. The lowest BCUT2D eigenvalue weighted by molar-refractivity contribution is 0.0342. The Morgan fingerprint density at radius 3 is 2.24 bits per heavy atom. The van der Waals surface area contributed by atoms with Crippen LogP contribution in [0.2, 0.25) is 0 Å². The summed E-state index contributed by atoms with van der Waals surface area (Å²) >= 11 is 0. The molecule has 0 bridgehead atoms. The van der Waals surface area contributed by atoms with Crippen molar-refractivity contribution in [1.29, 1.82) is 0 Å². The minimum absolute atomic E-state index is 0.310. The Hall–Kier alpha value is -1.63. The molecule has 0 N–H and O–H groups in total. The maximum atomic E-state index is 12.3. The van der Waals surface area contributed by atoms with Crippen LogP contribution in [0.1, 0.15) is 5.56 Å². The molecule has 3 rings (SSSR count). The third-order valence-corrected chi connectivity index (χ3v) is 5.25. The van der Waals surface area contributed by atoms with Gasteiger partial charge >= 0.3 is 0 Å². The van der Waals surface area contributed by atoms with E-state index in [-0.39, 0.29) is 0 Å². The molecule has 1 fully saturated rings. The molecule has 2 heterocycles. The molecule has 1 aromatic heterocycles. The Bertz CT molecular complexity index is 672. The number of morpholine rings is 1. The van der Waals surface area contributed by atoms with E-state index in [1.54, 1.807) is 24.3 Å². The lowest BCUT2D eigenvalue weighted by atomic mass is 10.2. The Balaban J connectivity index is 1.75. The standard InChI is InChI=1S/C15H18N2O3S/c18-21(19,17-7-1-2-8-17)15-5-3-14(4-6-15)13-16-9-11-20-12-10-16/h1-8H,9-13H2. The second-order valence-electron chi connectivity index (χ2n) is 5.05. The molecule has 1 aliphatic rings. The highest BCUT2D eigenvalue weighted by molar-refractivity contribution is 7.90. The molecule has 0 spiro atoms. The van der Waals surface area contributed by atoms with Crippen molar-refractivity contribution in [3.63, 3.8) is 0 Å². The van der Waals surface area contributed by atoms with Crippen LogP contribution < -0.4 is 0 Å². The minimum atomic E-state index is -3.46. The van der Waals surface area contributed by atoms with Crippen LogP contribution in [-0.4, -0.2) is 43.6 Å². The zero-order valence-corrected chi connectivity index (χ0v) is 12.5. The molecule has 0 amide bonds. The molecular weight excluding hydrogens is 288 g/mol. The van der Waals surface area contributed by atoms with Crippen LogP contribution in [0.25, 0.3) is 0 Å². The first-order valence-electron chi connectivity index (χ1n) is 6.94. The molecule has 0 aliphatic carbocycles. The van der Waals surface area contributed by atoms with Crippen molar-refractivity contribution in [2.45, 2.75) is 11.4 Å². The van der Waals surface area contributed by atoms with Crippen LogP contribution in [0.4, 0.5) is 0 Å². The molecule has 0 atom stereocenters. The van der Waals surface area contributed by atoms with Gasteiger partial charge in [-0.05, 0) is 29.8 Å². The van der Waals surface area contributed by atoms with Crippen molar-refractivity contribution in [3.05, 3.63) is 54.4 Å². The maximum absolute atomic E-state index is 12.3. The van der Waals surface area contributed by atoms with Crippen LogP contribution in [0.15, 0.2) is 53.7 Å². The first-order valence-corrected chi connectivity index (χ1v) is 8.38. The molecular formula is C15H18N2O3S. The van der Waals surface area contributed by atoms with Gasteiger partial charge in [0.1, 0.15) is 0 Å². The average Bonchev–Trinajstić information content (AvgIpc) is 3.04. The minimum Gasteiger partial charge on any atom is -0.379 e. The van der Waals surface area contributed by atoms with E-state index in [0.29, 0.717) is 4.90 Å². The lowest BCUT2D eigenvalue weighted by Crippen LogP contribution is -2.35. The Morgan fingerprint density at radius 2 is 1.62 bits per heavy atom. The van der Waals surface area contributed by atoms with Crippen molar-refractivity contribution >= 4 is 10.0 Å². The topological polar surface area (TPSA) is 51.5 Å². The van der Waals surface area contributed by atoms with Crippen LogP contribution in [0, 0.1) is 0 Å². The quantitative estimate of drug-likeness (QED) is 0.860. The van der Waals surface area contributed by atoms with E-state index in [2.05, 4.69) is 4.90 Å². The van der Waals surface area contributed by atoms with Crippen molar-refractivity contribution in [3.8, 4) is 0 Å². The van der Waals surface area contributed by atoms with Crippen LogP contribution in [-0.2, 0) is 21.3 Å². The number of aromatic nitrogens is 1. The molecule has 0 saturated carbocycles. The Kier molecular flexibility index (Phi) is 4.10. The first kappa shape index (κ1) is 14.3. The number of rotatable bonds is 4. The van der Waals surface area contributed by atoms with Gasteiger partial charge in [0.15, 0.2) is 0 Å². The number of benzene rings is 1. The predicted molar refractivity (Wildman–Crippen MR) is 79.6 cm³/mol. The van der Waals surface area contributed by atoms with Crippen LogP contribution in [0.3, 0.4) is 0 Å². The molecule has 112 valence electrons. The van der Waals surface area contributed by atoms with E-state index < -0.39 is 10.0 Å². The van der Waals surface area contributed by atoms with Crippen molar-refractivity contribution in [2.75, 3.05) is 26.3 Å². The maximum Gasteiger partial charge on any atom is 0.267 e. The summed E-state index contributed by atoms with van der Waals surface area (Å²) in [6, 6.07) is 10.5. The van der Waals surface area contributed by atoms with Gasteiger partial charge in [-0.3, -0.25) is 4.90 Å². The van der Waals surface area contributed by atoms with E-state index in [0.717, 1.165) is 38.4 Å². The Labute approximate surface area is 124 Å². The van der Waals surface area contributed by atoms with Gasteiger partial charge in [-0.2, -0.15) is 0 Å². The van der Waals surface area contributed by atoms with E-state index in [1.807, 2.05) is 12.1 Å². The third-order valence-electron chi connectivity index (χ3n) is 3.59. The SMILES string of the molecule is O=S(=O)(c1ccc(CN2CCOCC2)cc1)n1cccc1. The number of hydrogen-bond donors (Lipinski definition) is 0. The summed E-state index contributed by atoms with van der Waals surface area (Å²) in [5.41, 5.74) is 1.11. The highest BCUT2D eigenvalue weighted by atomic mass is 32.2. The normalized spacial score (nSPS) is 17.0. The van der Waals surface area contributed by atoms with Gasteiger partial charge in [-0.15, -0.1) is 0 Å². The summed E-state index contributed by atoms with van der Waals surface area (Å²) in [6.07, 6.45) is 3.08. The fourth-order valence-corrected chi connectivity index (χ4v) is 3.57. The molecule has 6 heteroatoms. The van der Waals surface area contributed by atoms with Crippen molar-refractivity contribution in [2.24, 2.45) is 0 Å². The summed E-state index contributed by atoms with van der Waals surface area (Å²) in [5.74, 6) is 0. The molecule has 1 aliphatic heterocycles. The third kappa shape index (κ3) is 3.18. The molecule has 1 aromatic carbocycles. The first-order chi connectivity index (χ1) is 10.2. The molecule has 2 aromatic rings. The summed E-state index contributed by atoms with van der Waals surface area (Å²) < 4.78 is 31.2. The summed E-state index contributed by atoms with van der Waals surface area (Å²) in [5, 5.41) is 0. The van der Waals surface area contributed by atoms with Gasteiger partial charge in [0.2, 0.25) is 0 Å². The molecule has 1 saturated heterocycles. The second kappa shape index (κ2) is 6.01. The highest BCUT2D eigenvalue weighted by Gasteiger charge is 2.16. The van der Waals surface area contributed by atoms with Crippen molar-refractivity contribution in [1.82, 2.24) is 8.87 Å². The number of nitrogens with zero attached hydrogens (tertiary/aromatic N) is 2. The van der Waals surface area contributed by atoms with Gasteiger partial charge in [0.05, 0.1) is 18.1 Å². The second-order valence-corrected chi connectivity index (χ2v) is 6.89. The van der Waals surface area contributed by atoms with Gasteiger partial charge in [-0.25, -0.2) is 12.4 Å². The summed E-state index contributed by atoms with van der Waals surface area (Å²) in [6.45, 7) is 4.19. The molecule has 0 radical (unpaired) electrons. The van der Waals surface area contributed by atoms with Crippen LogP contribution >= 0.6 is 0 Å².